The number of hydrogen-bond acceptors (Lipinski definition) is 7. The molecule has 1 unspecified atom stereocenters. The average molecular weight is 454 g/mol. The van der Waals surface area contributed by atoms with Gasteiger partial charge in [0.25, 0.3) is 11.8 Å². The van der Waals surface area contributed by atoms with Crippen molar-refractivity contribution >= 4 is 18.0 Å². The third kappa shape index (κ3) is 6.61. The van der Waals surface area contributed by atoms with Crippen molar-refractivity contribution in [1.82, 2.24) is 15.5 Å². The molecule has 172 valence electrons. The third-order valence-electron chi connectivity index (χ3n) is 4.63. The first-order valence-electron chi connectivity index (χ1n) is 10.2. The van der Waals surface area contributed by atoms with E-state index < -0.39 is 24.2 Å². The molecule has 0 spiro atoms. The van der Waals surface area contributed by atoms with Gasteiger partial charge < -0.3 is 19.7 Å². The monoisotopic (exact) mass is 454 g/mol. The summed E-state index contributed by atoms with van der Waals surface area (Å²) in [6, 6.07) is 11.6. The van der Waals surface area contributed by atoms with Gasteiger partial charge >= 0.3 is 0 Å². The van der Waals surface area contributed by atoms with Crippen molar-refractivity contribution in [2.45, 2.75) is 12.3 Å². The molecule has 9 nitrogen and oxygen atoms in total. The minimum atomic E-state index is -0.798. The number of nitrogens with one attached hydrogen (secondary N) is 1. The van der Waals surface area contributed by atoms with E-state index in [2.05, 4.69) is 20.4 Å². The topological polar surface area (TPSA) is 127 Å². The van der Waals surface area contributed by atoms with Crippen LogP contribution in [0.15, 0.2) is 58.0 Å². The Morgan fingerprint density at radius 2 is 1.88 bits per heavy atom. The van der Waals surface area contributed by atoms with Gasteiger partial charge in [-0.05, 0) is 42.8 Å². The summed E-state index contributed by atoms with van der Waals surface area (Å²) in [6.45, 7) is 0.666. The molecule has 3 rings (SSSR count). The predicted octanol–water partition coefficient (Wildman–Crippen LogP) is 2.63. The van der Waals surface area contributed by atoms with E-state index in [9.17, 15) is 19.1 Å². The zero-order chi connectivity index (χ0) is 23.6. The number of aliphatic hydroxyl groups excluding tert-OH is 1. The van der Waals surface area contributed by atoms with Gasteiger partial charge in [-0.3, -0.25) is 9.59 Å². The molecule has 1 atom stereocenters. The van der Waals surface area contributed by atoms with Crippen molar-refractivity contribution in [3.05, 3.63) is 71.4 Å². The van der Waals surface area contributed by atoms with E-state index >= 15 is 0 Å². The number of carbonyl (C=O) groups excluding carboxylic acids is 2. The van der Waals surface area contributed by atoms with E-state index in [4.69, 9.17) is 9.26 Å². The number of aromatic nitrogens is 2. The van der Waals surface area contributed by atoms with Gasteiger partial charge in [-0.2, -0.15) is 4.98 Å². The number of hydrogen-bond donors (Lipinski definition) is 2. The molecule has 0 aliphatic carbocycles. The predicted molar refractivity (Wildman–Crippen MR) is 118 cm³/mol. The van der Waals surface area contributed by atoms with Crippen LogP contribution in [0.4, 0.5) is 4.39 Å². The molecule has 3 aromatic rings. The van der Waals surface area contributed by atoms with Gasteiger partial charge in [-0.25, -0.2) is 9.38 Å². The highest BCUT2D eigenvalue weighted by molar-refractivity contribution is 5.99. The van der Waals surface area contributed by atoms with Crippen LogP contribution in [-0.4, -0.2) is 60.1 Å². The largest absolute Gasteiger partial charge is 0.395 e. The summed E-state index contributed by atoms with van der Waals surface area (Å²) in [5, 5.41) is 16.3. The number of benzene rings is 2. The van der Waals surface area contributed by atoms with E-state index in [0.29, 0.717) is 24.3 Å². The molecular weight excluding hydrogens is 431 g/mol. The fraction of sp³-hybridized carbons (Fsp3) is 0.261. The van der Waals surface area contributed by atoms with E-state index in [1.807, 2.05) is 0 Å². The first-order valence-corrected chi connectivity index (χ1v) is 10.2. The number of aliphatic imine (C=N–C) groups is 1. The van der Waals surface area contributed by atoms with E-state index in [1.165, 1.54) is 18.3 Å². The highest BCUT2D eigenvalue weighted by Gasteiger charge is 2.18. The van der Waals surface area contributed by atoms with Crippen LogP contribution < -0.4 is 5.32 Å². The summed E-state index contributed by atoms with van der Waals surface area (Å²) in [7, 11) is 1.60. The number of methoxy groups -OCH3 is 1. The van der Waals surface area contributed by atoms with Crippen LogP contribution in [0.25, 0.3) is 11.4 Å². The van der Waals surface area contributed by atoms with Crippen LogP contribution in [0.5, 0.6) is 0 Å². The lowest BCUT2D eigenvalue weighted by molar-refractivity contribution is 0.0947. The van der Waals surface area contributed by atoms with Gasteiger partial charge in [-0.15, -0.1) is 0 Å². The lowest BCUT2D eigenvalue weighted by Gasteiger charge is -2.05. The fourth-order valence-electron chi connectivity index (χ4n) is 2.81. The normalized spacial score (nSPS) is 12.1. The Kier molecular flexibility index (Phi) is 8.50. The standard InChI is InChI=1S/C23H23FN4O5/c1-32-12-2-11-25-21(30)16-5-3-15(4-6-16)20-27-23(33-28-20)18(14-29)13-26-22(31)17-7-9-19(24)10-8-17/h3-10,13,18,29H,2,11-12,14H2,1H3,(H,25,30). The average Bonchev–Trinajstić information content (AvgIpc) is 3.32. The molecule has 0 bridgehead atoms. The molecule has 0 saturated heterocycles. The summed E-state index contributed by atoms with van der Waals surface area (Å²) >= 11 is 0. The zero-order valence-corrected chi connectivity index (χ0v) is 17.9. The highest BCUT2D eigenvalue weighted by Crippen LogP contribution is 2.20. The molecule has 0 aliphatic rings. The smallest absolute Gasteiger partial charge is 0.276 e. The molecule has 0 fully saturated rings. The second-order valence-electron chi connectivity index (χ2n) is 7.02. The Labute approximate surface area is 189 Å². The third-order valence-corrected chi connectivity index (χ3v) is 4.63. The maximum absolute atomic E-state index is 13.0. The minimum absolute atomic E-state index is 0.0723. The fourth-order valence-corrected chi connectivity index (χ4v) is 2.81. The Morgan fingerprint density at radius 3 is 2.55 bits per heavy atom. The number of halogens is 1. The van der Waals surface area contributed by atoms with Crippen molar-refractivity contribution in [3.63, 3.8) is 0 Å². The van der Waals surface area contributed by atoms with Crippen LogP contribution in [0.2, 0.25) is 0 Å². The molecule has 0 aliphatic heterocycles. The quantitative estimate of drug-likeness (QED) is 0.356. The van der Waals surface area contributed by atoms with Gasteiger partial charge in [0.1, 0.15) is 5.82 Å². The van der Waals surface area contributed by atoms with Gasteiger partial charge in [0, 0.05) is 43.2 Å². The second-order valence-corrected chi connectivity index (χ2v) is 7.02. The molecule has 10 heteroatoms. The summed E-state index contributed by atoms with van der Waals surface area (Å²) < 4.78 is 23.1. The molecule has 0 saturated carbocycles. The van der Waals surface area contributed by atoms with Gasteiger partial charge in [-0.1, -0.05) is 17.3 Å². The Morgan fingerprint density at radius 1 is 1.18 bits per heavy atom. The zero-order valence-electron chi connectivity index (χ0n) is 17.9. The minimum Gasteiger partial charge on any atom is -0.395 e. The SMILES string of the molecule is COCCCNC(=O)c1ccc(-c2noc(C(C=NC(=O)c3ccc(F)cc3)CO)n2)cc1. The molecular formula is C23H23FN4O5. The van der Waals surface area contributed by atoms with Crippen LogP contribution in [-0.2, 0) is 4.74 Å². The summed E-state index contributed by atoms with van der Waals surface area (Å²) in [5.74, 6) is -1.72. The molecule has 0 radical (unpaired) electrons. The number of aliphatic hydroxyl groups is 1. The van der Waals surface area contributed by atoms with Crippen molar-refractivity contribution in [1.29, 1.82) is 0 Å². The Bertz CT molecular complexity index is 1100. The van der Waals surface area contributed by atoms with Crippen molar-refractivity contribution in [2.75, 3.05) is 26.9 Å². The number of carbonyl (C=O) groups is 2. The van der Waals surface area contributed by atoms with E-state index in [1.54, 1.807) is 31.4 Å². The van der Waals surface area contributed by atoms with E-state index in [0.717, 1.165) is 18.6 Å². The maximum Gasteiger partial charge on any atom is 0.276 e. The summed E-state index contributed by atoms with van der Waals surface area (Å²) in [5.41, 5.74) is 1.30. The molecule has 1 aromatic heterocycles. The first kappa shape index (κ1) is 23.9. The van der Waals surface area contributed by atoms with Crippen molar-refractivity contribution in [2.24, 2.45) is 4.99 Å². The summed E-state index contributed by atoms with van der Waals surface area (Å²) in [4.78, 5) is 32.3. The first-order chi connectivity index (χ1) is 16.0. The molecule has 2 amide bonds. The van der Waals surface area contributed by atoms with Gasteiger partial charge in [0.15, 0.2) is 0 Å². The molecule has 2 aromatic carbocycles. The molecule has 33 heavy (non-hydrogen) atoms. The number of nitrogens with zero attached hydrogens (tertiary/aromatic N) is 3. The van der Waals surface area contributed by atoms with Gasteiger partial charge in [0.2, 0.25) is 11.7 Å². The van der Waals surface area contributed by atoms with Crippen molar-refractivity contribution in [3.8, 4) is 11.4 Å². The summed E-state index contributed by atoms with van der Waals surface area (Å²) in [6.07, 6.45) is 1.93. The van der Waals surface area contributed by atoms with Crippen LogP contribution in [0.1, 0.15) is 38.9 Å². The Balaban J connectivity index is 1.64. The van der Waals surface area contributed by atoms with Crippen LogP contribution >= 0.6 is 0 Å². The molecule has 1 heterocycles. The maximum atomic E-state index is 13.0. The van der Waals surface area contributed by atoms with Crippen LogP contribution in [0, 0.1) is 5.82 Å². The van der Waals surface area contributed by atoms with Crippen LogP contribution in [0.3, 0.4) is 0 Å². The Hall–Kier alpha value is -3.76. The number of amides is 2. The highest BCUT2D eigenvalue weighted by atomic mass is 19.1. The molecule has 2 N–H and O–H groups in total. The number of rotatable bonds is 10. The van der Waals surface area contributed by atoms with Gasteiger partial charge in [0.05, 0.1) is 12.5 Å². The van der Waals surface area contributed by atoms with E-state index in [-0.39, 0.29) is 23.2 Å². The number of ether oxygens (including phenoxy) is 1. The lowest BCUT2D eigenvalue weighted by Crippen LogP contribution is -2.25. The van der Waals surface area contributed by atoms with Crippen molar-refractivity contribution < 1.29 is 28.3 Å². The second kappa shape index (κ2) is 11.7. The lowest BCUT2D eigenvalue weighted by atomic mass is 10.1.